The largest absolute Gasteiger partial charge is 0.289 e. The van der Waals surface area contributed by atoms with Crippen molar-refractivity contribution in [2.24, 2.45) is 0 Å². The maximum atomic E-state index is 11.7. The number of hydrogen-bond donors (Lipinski definition) is 0. The Kier molecular flexibility index (Phi) is 3.59. The van der Waals surface area contributed by atoms with Crippen LogP contribution in [0.15, 0.2) is 0 Å². The zero-order chi connectivity index (χ0) is 10.8. The molecule has 0 aromatic carbocycles. The van der Waals surface area contributed by atoms with E-state index in [0.29, 0.717) is 6.54 Å². The predicted molar refractivity (Wildman–Crippen MR) is 58.3 cm³/mol. The van der Waals surface area contributed by atoms with Gasteiger partial charge in [0.25, 0.3) is 5.24 Å². The van der Waals surface area contributed by atoms with Crippen LogP contribution < -0.4 is 0 Å². The third-order valence-corrected chi connectivity index (χ3v) is 3.39. The molecule has 1 rings (SSSR count). The second kappa shape index (κ2) is 4.34. The minimum Gasteiger partial charge on any atom is -0.273 e. The minimum absolute atomic E-state index is 0.0383. The number of carbonyl (C=O) groups is 2. The molecule has 1 fully saturated rings. The molecule has 0 spiro atoms. The van der Waals surface area contributed by atoms with Gasteiger partial charge in [0.1, 0.15) is 0 Å². The molecule has 14 heavy (non-hydrogen) atoms. The van der Waals surface area contributed by atoms with E-state index in [1.165, 1.54) is 4.90 Å². The van der Waals surface area contributed by atoms with Crippen molar-refractivity contribution < 1.29 is 9.59 Å². The average Bonchev–Trinajstić information content (AvgIpc) is 2.27. The number of unbranched alkanes of at least 4 members (excludes halogenated alkanes) is 2. The molecule has 0 aliphatic carbocycles. The summed E-state index contributed by atoms with van der Waals surface area (Å²) in [4.78, 5) is 24.6. The lowest BCUT2D eigenvalue weighted by Gasteiger charge is -2.15. The van der Waals surface area contributed by atoms with Gasteiger partial charge >= 0.3 is 0 Å². The van der Waals surface area contributed by atoms with Crippen LogP contribution >= 0.6 is 11.8 Å². The Morgan fingerprint density at radius 3 is 2.36 bits per heavy atom. The van der Waals surface area contributed by atoms with Crippen LogP contribution in [-0.2, 0) is 4.79 Å². The molecule has 0 radical (unpaired) electrons. The molecule has 0 saturated carbocycles. The summed E-state index contributed by atoms with van der Waals surface area (Å²) >= 11 is 1.13. The molecule has 0 aromatic rings. The first-order valence-electron chi connectivity index (χ1n) is 5.04. The van der Waals surface area contributed by atoms with E-state index in [1.807, 2.05) is 0 Å². The maximum Gasteiger partial charge on any atom is 0.289 e. The number of hydrogen-bond acceptors (Lipinski definition) is 3. The Labute approximate surface area is 89.2 Å². The van der Waals surface area contributed by atoms with E-state index in [0.717, 1.165) is 31.0 Å². The molecule has 1 aliphatic rings. The summed E-state index contributed by atoms with van der Waals surface area (Å²) in [5.41, 5.74) is 0. The summed E-state index contributed by atoms with van der Waals surface area (Å²) in [6.45, 7) is 6.30. The van der Waals surface area contributed by atoms with Crippen LogP contribution in [0.5, 0.6) is 0 Å². The summed E-state index contributed by atoms with van der Waals surface area (Å²) in [5.74, 6) is -0.0383. The van der Waals surface area contributed by atoms with Gasteiger partial charge in [0.2, 0.25) is 5.91 Å². The molecule has 0 N–H and O–H groups in total. The lowest BCUT2D eigenvalue weighted by Crippen LogP contribution is -2.36. The molecule has 2 amide bonds. The average molecular weight is 215 g/mol. The Morgan fingerprint density at radius 2 is 1.93 bits per heavy atom. The molecule has 1 heterocycles. The second-order valence-electron chi connectivity index (χ2n) is 4.04. The Hall–Kier alpha value is -0.510. The van der Waals surface area contributed by atoms with Crippen LogP contribution in [-0.4, -0.2) is 27.3 Å². The first-order valence-corrected chi connectivity index (χ1v) is 5.85. The van der Waals surface area contributed by atoms with Crippen molar-refractivity contribution in [3.8, 4) is 0 Å². The summed E-state index contributed by atoms with van der Waals surface area (Å²) in [6.07, 6.45) is 3.10. The monoisotopic (exact) mass is 215 g/mol. The van der Waals surface area contributed by atoms with Gasteiger partial charge in [-0.15, -0.1) is 0 Å². The highest BCUT2D eigenvalue weighted by atomic mass is 32.2. The third kappa shape index (κ3) is 2.29. The van der Waals surface area contributed by atoms with Crippen molar-refractivity contribution in [2.45, 2.75) is 44.8 Å². The summed E-state index contributed by atoms with van der Waals surface area (Å²) in [7, 11) is 0. The lowest BCUT2D eigenvalue weighted by molar-refractivity contribution is -0.128. The number of carbonyl (C=O) groups excluding carboxylic acids is 2. The van der Waals surface area contributed by atoms with Crippen molar-refractivity contribution in [3.63, 3.8) is 0 Å². The number of rotatable bonds is 4. The van der Waals surface area contributed by atoms with Crippen LogP contribution in [0.1, 0.15) is 40.0 Å². The molecule has 4 heteroatoms. The normalized spacial score (nSPS) is 20.6. The van der Waals surface area contributed by atoms with Crippen LogP contribution in [0.2, 0.25) is 0 Å². The highest BCUT2D eigenvalue weighted by Gasteiger charge is 2.45. The van der Waals surface area contributed by atoms with Crippen molar-refractivity contribution in [3.05, 3.63) is 0 Å². The van der Waals surface area contributed by atoms with Gasteiger partial charge in [-0.25, -0.2) is 0 Å². The summed E-state index contributed by atoms with van der Waals surface area (Å²) < 4.78 is -0.552. The SMILES string of the molecule is CCCCCN1C(=O)SC(C)(C)C1=O. The van der Waals surface area contributed by atoms with Crippen molar-refractivity contribution in [1.29, 1.82) is 0 Å². The van der Waals surface area contributed by atoms with Gasteiger partial charge in [0.05, 0.1) is 4.75 Å². The number of imide groups is 1. The van der Waals surface area contributed by atoms with Gasteiger partial charge in [0.15, 0.2) is 0 Å². The molecular formula is C10H17NO2S. The lowest BCUT2D eigenvalue weighted by atomic mass is 10.1. The first-order chi connectivity index (χ1) is 6.49. The molecular weight excluding hydrogens is 198 g/mol. The number of nitrogens with zero attached hydrogens (tertiary/aromatic N) is 1. The second-order valence-corrected chi connectivity index (χ2v) is 5.62. The molecule has 80 valence electrons. The Morgan fingerprint density at radius 1 is 1.29 bits per heavy atom. The highest BCUT2D eigenvalue weighted by molar-refractivity contribution is 8.16. The maximum absolute atomic E-state index is 11.7. The fraction of sp³-hybridized carbons (Fsp3) is 0.800. The highest BCUT2D eigenvalue weighted by Crippen LogP contribution is 2.36. The topological polar surface area (TPSA) is 37.4 Å². The number of amides is 2. The molecule has 0 atom stereocenters. The fourth-order valence-corrected chi connectivity index (χ4v) is 2.36. The molecule has 0 unspecified atom stereocenters. The van der Waals surface area contributed by atoms with Crippen molar-refractivity contribution in [1.82, 2.24) is 4.90 Å². The van der Waals surface area contributed by atoms with Crippen LogP contribution in [0.4, 0.5) is 4.79 Å². The summed E-state index contributed by atoms with van der Waals surface area (Å²) in [5, 5.41) is -0.0869. The van der Waals surface area contributed by atoms with Gasteiger partial charge in [-0.2, -0.15) is 0 Å². The Balaban J connectivity index is 2.53. The van der Waals surface area contributed by atoms with E-state index >= 15 is 0 Å². The van der Waals surface area contributed by atoms with Gasteiger partial charge < -0.3 is 0 Å². The van der Waals surface area contributed by atoms with E-state index < -0.39 is 4.75 Å². The van der Waals surface area contributed by atoms with Crippen LogP contribution in [0.25, 0.3) is 0 Å². The Bertz CT molecular complexity index is 251. The fourth-order valence-electron chi connectivity index (χ4n) is 1.44. The molecule has 0 bridgehead atoms. The quantitative estimate of drug-likeness (QED) is 0.676. The molecule has 1 aliphatic heterocycles. The zero-order valence-corrected chi connectivity index (χ0v) is 9.82. The van der Waals surface area contributed by atoms with Gasteiger partial charge in [0, 0.05) is 6.54 Å². The zero-order valence-electron chi connectivity index (χ0n) is 9.00. The van der Waals surface area contributed by atoms with E-state index in [1.54, 1.807) is 13.8 Å². The number of thioether (sulfide) groups is 1. The third-order valence-electron chi connectivity index (χ3n) is 2.31. The van der Waals surface area contributed by atoms with Gasteiger partial charge in [-0.3, -0.25) is 14.5 Å². The summed E-state index contributed by atoms with van der Waals surface area (Å²) in [6, 6.07) is 0. The van der Waals surface area contributed by atoms with E-state index in [9.17, 15) is 9.59 Å². The van der Waals surface area contributed by atoms with Crippen molar-refractivity contribution >= 4 is 22.9 Å². The molecule has 3 nitrogen and oxygen atoms in total. The predicted octanol–water partition coefficient (Wildman–Crippen LogP) is 2.65. The molecule has 1 saturated heterocycles. The standard InChI is InChI=1S/C10H17NO2S/c1-4-5-6-7-11-8(12)10(2,3)14-9(11)13/h4-7H2,1-3H3. The molecule has 0 aromatic heterocycles. The smallest absolute Gasteiger partial charge is 0.273 e. The van der Waals surface area contributed by atoms with E-state index in [4.69, 9.17) is 0 Å². The van der Waals surface area contributed by atoms with Crippen LogP contribution in [0.3, 0.4) is 0 Å². The van der Waals surface area contributed by atoms with Crippen LogP contribution in [0, 0.1) is 0 Å². The minimum atomic E-state index is -0.552. The van der Waals surface area contributed by atoms with E-state index in [2.05, 4.69) is 6.92 Å². The first kappa shape index (κ1) is 11.6. The van der Waals surface area contributed by atoms with Gasteiger partial charge in [-0.1, -0.05) is 19.8 Å². The van der Waals surface area contributed by atoms with Gasteiger partial charge in [-0.05, 0) is 32.0 Å². The van der Waals surface area contributed by atoms with Crippen molar-refractivity contribution in [2.75, 3.05) is 6.54 Å². The van der Waals surface area contributed by atoms with E-state index in [-0.39, 0.29) is 11.1 Å².